The van der Waals surface area contributed by atoms with E-state index in [-0.39, 0.29) is 38.2 Å². The van der Waals surface area contributed by atoms with Crippen molar-refractivity contribution in [1.82, 2.24) is 0 Å². The first kappa shape index (κ1) is 54.9. The van der Waals surface area contributed by atoms with E-state index in [0.29, 0.717) is 0 Å². The van der Waals surface area contributed by atoms with Crippen LogP contribution in [0.5, 0.6) is 0 Å². The van der Waals surface area contributed by atoms with Gasteiger partial charge in [0.2, 0.25) is 0 Å². The number of rotatable bonds is 3. The molecule has 0 aromatic heterocycles. The molecule has 3 aliphatic heterocycles. The average Bonchev–Trinajstić information content (AvgIpc) is 3.21. The molecule has 12 unspecified atom stereocenters. The minimum Gasteiger partial charge on any atom is -0.481 e. The van der Waals surface area contributed by atoms with Gasteiger partial charge in [0, 0.05) is 37.5 Å². The predicted molar refractivity (Wildman–Crippen MR) is 232 cm³/mol. The lowest BCUT2D eigenvalue weighted by atomic mass is 9.82. The van der Waals surface area contributed by atoms with Crippen LogP contribution >= 0.6 is 0 Å². The number of hydrogen-bond donors (Lipinski definition) is 12. The van der Waals surface area contributed by atoms with Gasteiger partial charge >= 0.3 is 11.9 Å². The first-order chi connectivity index (χ1) is 30.2. The van der Waals surface area contributed by atoms with Crippen LogP contribution in [-0.2, 0) is 28.5 Å². The smallest absolute Gasteiger partial charge is 0.311 e. The number of carboxylic acid groups (broad SMARTS) is 1. The minimum absolute atomic E-state index is 0.106. The quantitative estimate of drug-likeness (QED) is 0.170. The molecule has 0 aliphatic carbocycles. The number of nitrogens with two attached hydrogens (primary N) is 1. The van der Waals surface area contributed by atoms with Gasteiger partial charge in [-0.2, -0.15) is 0 Å². The van der Waals surface area contributed by atoms with Crippen LogP contribution in [0.2, 0.25) is 0 Å². The van der Waals surface area contributed by atoms with Gasteiger partial charge in [0.05, 0.1) is 80.1 Å². The van der Waals surface area contributed by atoms with Gasteiger partial charge in [-0.3, -0.25) is 9.59 Å². The van der Waals surface area contributed by atoms with Crippen molar-refractivity contribution in [1.29, 1.82) is 0 Å². The van der Waals surface area contributed by atoms with E-state index in [1.54, 1.807) is 80.7 Å². The summed E-state index contributed by atoms with van der Waals surface area (Å²) in [6.45, 7) is 4.95. The van der Waals surface area contributed by atoms with E-state index in [2.05, 4.69) is 0 Å². The predicted octanol–water partition coefficient (Wildman–Crippen LogP) is 0.323. The Morgan fingerprint density at radius 1 is 0.688 bits per heavy atom. The second-order valence-corrected chi connectivity index (χ2v) is 17.1. The Hall–Kier alpha value is -3.44. The average molecular weight is 910 g/mol. The molecule has 3 aliphatic rings. The largest absolute Gasteiger partial charge is 0.481 e. The lowest BCUT2D eigenvalue weighted by Crippen LogP contribution is -2.59. The van der Waals surface area contributed by atoms with E-state index < -0.39 is 141 Å². The molecular weight excluding hydrogens is 838 g/mol. The highest BCUT2D eigenvalue weighted by molar-refractivity contribution is 5.71. The zero-order chi connectivity index (χ0) is 47.6. The molecule has 2 bridgehead atoms. The van der Waals surface area contributed by atoms with E-state index in [0.717, 1.165) is 0 Å². The van der Waals surface area contributed by atoms with E-state index in [1.807, 2.05) is 19.1 Å². The first-order valence-corrected chi connectivity index (χ1v) is 21.9. The Balaban J connectivity index is 1.84. The van der Waals surface area contributed by atoms with Crippen LogP contribution in [0.3, 0.4) is 0 Å². The minimum atomic E-state index is -2.32. The lowest BCUT2D eigenvalue weighted by molar-refractivity contribution is -0.305. The van der Waals surface area contributed by atoms with Crippen LogP contribution in [0, 0.1) is 17.8 Å². The SMILES string of the molecule is C[C@@H]1OC(=O)CC(O)CC(O)CCC(O)C(O)CC(O)CC2(O)C[C@H](O)C(C(=O)O)[C@H](CC(OC3OCC(O)[C@H](N)C3O)\C=C/C=C\C=C/C=C\C=C/C=C\C=C/[C@H](C)C(O)[C@H]1C)O2. The fraction of sp³-hybridized carbons (Fsp3) is 0.652. The summed E-state index contributed by atoms with van der Waals surface area (Å²) in [4.78, 5) is 25.0. The van der Waals surface area contributed by atoms with Crippen LogP contribution in [0.25, 0.3) is 0 Å². The summed E-state index contributed by atoms with van der Waals surface area (Å²) in [7, 11) is 0. The molecule has 3 heterocycles. The van der Waals surface area contributed by atoms with Crippen molar-refractivity contribution < 1.29 is 84.7 Å². The molecule has 0 aromatic carbocycles. The Morgan fingerprint density at radius 2 is 1.27 bits per heavy atom. The number of ether oxygens (including phenoxy) is 4. The second kappa shape index (κ2) is 27.3. The van der Waals surface area contributed by atoms with Gasteiger partial charge in [-0.05, 0) is 26.2 Å². The number of carbonyl (C=O) groups is 2. The highest BCUT2D eigenvalue weighted by atomic mass is 16.7. The Bertz CT molecular complexity index is 1630. The van der Waals surface area contributed by atoms with E-state index in [1.165, 1.54) is 6.08 Å². The zero-order valence-electron chi connectivity index (χ0n) is 36.7. The van der Waals surface area contributed by atoms with Crippen LogP contribution in [0.1, 0.15) is 72.1 Å². The van der Waals surface area contributed by atoms with Crippen molar-refractivity contribution in [2.75, 3.05) is 6.61 Å². The van der Waals surface area contributed by atoms with Gasteiger partial charge in [-0.1, -0.05) is 98.9 Å². The molecule has 2 fully saturated rings. The standard InChI is InChI=1S/C46H71NO17/c1-27-16-14-12-10-8-6-4-5-7-9-11-13-15-17-33(63-45-43(57)41(47)37(54)26-61-45)23-38-40(44(58)59)36(53)25-46(60,64-38)24-32(50)21-35(52)34(51)19-18-30(48)20-31(49)22-39(55)62-29(3)28(2)42(27)56/h4-17,27-38,40-43,45,48-54,56-57,60H,18-26,47H2,1-3H3,(H,58,59)/b5-4-,8-6-,9-7-,12-10-,13-11-,16-14-,17-15-/t27-,28-,29-,30?,31?,32?,33?,34?,35?,36-,37?,38-,40?,41-,42?,43?,45?,46?/m0/s1. The van der Waals surface area contributed by atoms with E-state index in [9.17, 15) is 65.8 Å². The summed E-state index contributed by atoms with van der Waals surface area (Å²) in [6, 6.07) is -1.13. The second-order valence-electron chi connectivity index (χ2n) is 17.1. The molecule has 18 atom stereocenters. The summed E-state index contributed by atoms with van der Waals surface area (Å²) >= 11 is 0. The molecule has 13 N–H and O–H groups in total. The van der Waals surface area contributed by atoms with E-state index in [4.69, 9.17) is 24.7 Å². The number of aliphatic carboxylic acids is 1. The number of fused-ring (bicyclic) bond motifs is 2. The molecule has 0 spiro atoms. The topological polar surface area (TPSA) is 320 Å². The Labute approximate surface area is 374 Å². The third kappa shape index (κ3) is 18.4. The van der Waals surface area contributed by atoms with Gasteiger partial charge in [-0.15, -0.1) is 0 Å². The first-order valence-electron chi connectivity index (χ1n) is 21.9. The Morgan fingerprint density at radius 3 is 1.86 bits per heavy atom. The molecule has 0 radical (unpaired) electrons. The molecular formula is C46H71NO17. The fourth-order valence-corrected chi connectivity index (χ4v) is 7.72. The van der Waals surface area contributed by atoms with Crippen molar-refractivity contribution in [3.8, 4) is 0 Å². The van der Waals surface area contributed by atoms with Gasteiger partial charge in [0.1, 0.15) is 18.1 Å². The van der Waals surface area contributed by atoms with Gasteiger partial charge in [-0.25, -0.2) is 0 Å². The van der Waals surface area contributed by atoms with Crippen molar-refractivity contribution in [3.05, 3.63) is 85.1 Å². The summed E-state index contributed by atoms with van der Waals surface area (Å²) in [5.41, 5.74) is 5.93. The summed E-state index contributed by atoms with van der Waals surface area (Å²) < 4.78 is 22.8. The maximum absolute atomic E-state index is 12.6. The van der Waals surface area contributed by atoms with Crippen molar-refractivity contribution in [2.45, 2.75) is 164 Å². The van der Waals surface area contributed by atoms with Crippen LogP contribution in [-0.4, -0.2) is 166 Å². The number of carboxylic acids is 1. The maximum Gasteiger partial charge on any atom is 0.311 e. The molecule has 3 rings (SSSR count). The lowest BCUT2D eigenvalue weighted by Gasteiger charge is -2.45. The molecule has 18 heteroatoms. The van der Waals surface area contributed by atoms with Crippen LogP contribution in [0.15, 0.2) is 85.1 Å². The molecule has 0 aromatic rings. The normalized spacial score (nSPS) is 44.8. The molecule has 0 amide bonds. The van der Waals surface area contributed by atoms with Crippen LogP contribution < -0.4 is 5.73 Å². The van der Waals surface area contributed by atoms with Crippen molar-refractivity contribution in [2.24, 2.45) is 23.5 Å². The number of cyclic esters (lactones) is 1. The highest BCUT2D eigenvalue weighted by Gasteiger charge is 2.50. The number of hydrogen-bond acceptors (Lipinski definition) is 17. The fourth-order valence-electron chi connectivity index (χ4n) is 7.72. The van der Waals surface area contributed by atoms with Gasteiger partial charge in [0.25, 0.3) is 0 Å². The third-order valence-electron chi connectivity index (χ3n) is 11.7. The van der Waals surface area contributed by atoms with Crippen molar-refractivity contribution >= 4 is 11.9 Å². The van der Waals surface area contributed by atoms with Gasteiger partial charge < -0.3 is 80.9 Å². The summed E-state index contributed by atoms with van der Waals surface area (Å²) in [6.07, 6.45) is 4.41. The number of esters is 1. The van der Waals surface area contributed by atoms with E-state index >= 15 is 0 Å². The third-order valence-corrected chi connectivity index (χ3v) is 11.7. The van der Waals surface area contributed by atoms with Gasteiger partial charge in [0.15, 0.2) is 12.1 Å². The molecule has 0 saturated carbocycles. The molecule has 64 heavy (non-hydrogen) atoms. The summed E-state index contributed by atoms with van der Waals surface area (Å²) in [5, 5.41) is 118. The van der Waals surface area contributed by atoms with Crippen molar-refractivity contribution in [3.63, 3.8) is 0 Å². The number of aliphatic hydroxyl groups is 10. The molecule has 18 nitrogen and oxygen atoms in total. The maximum atomic E-state index is 12.6. The highest BCUT2D eigenvalue weighted by Crippen LogP contribution is 2.38. The number of carbonyl (C=O) groups excluding carboxylic acids is 1. The van der Waals surface area contributed by atoms with Crippen LogP contribution in [0.4, 0.5) is 0 Å². The monoisotopic (exact) mass is 909 g/mol. The number of allylic oxidation sites excluding steroid dienone is 12. The summed E-state index contributed by atoms with van der Waals surface area (Å²) in [5.74, 6) is -6.81. The zero-order valence-corrected chi connectivity index (χ0v) is 36.7. The Kier molecular flexibility index (Phi) is 23.4. The molecule has 362 valence electrons. The number of aliphatic hydroxyl groups excluding tert-OH is 9. The molecule has 2 saturated heterocycles.